The molecule has 0 unspecified atom stereocenters. The van der Waals surface area contributed by atoms with Crippen molar-refractivity contribution < 1.29 is 4.74 Å². The molecular formula is C9H15IO. The quantitative estimate of drug-likeness (QED) is 0.524. The first-order chi connectivity index (χ1) is 5.35. The van der Waals surface area contributed by atoms with Gasteiger partial charge < -0.3 is 4.74 Å². The second kappa shape index (κ2) is 3.21. The predicted molar refractivity (Wildman–Crippen MR) is 54.1 cm³/mol. The summed E-state index contributed by atoms with van der Waals surface area (Å²) in [4.78, 5) is 0. The minimum absolute atomic E-state index is 0.577. The van der Waals surface area contributed by atoms with Gasteiger partial charge in [0.2, 0.25) is 0 Å². The zero-order valence-electron chi connectivity index (χ0n) is 6.81. The third kappa shape index (κ3) is 1.57. The third-order valence-corrected chi connectivity index (χ3v) is 4.10. The Balaban J connectivity index is 1.96. The molecule has 0 aromatic rings. The number of ether oxygens (including phenoxy) is 1. The molecule has 0 aromatic carbocycles. The van der Waals surface area contributed by atoms with E-state index >= 15 is 0 Å². The minimum atomic E-state index is 0.577. The van der Waals surface area contributed by atoms with Gasteiger partial charge in [0, 0.05) is 4.43 Å². The van der Waals surface area contributed by atoms with Gasteiger partial charge in [0.25, 0.3) is 0 Å². The van der Waals surface area contributed by atoms with Gasteiger partial charge in [-0.15, -0.1) is 0 Å². The van der Waals surface area contributed by atoms with Gasteiger partial charge in [0.1, 0.15) is 0 Å². The van der Waals surface area contributed by atoms with Crippen LogP contribution in [-0.2, 0) is 4.74 Å². The largest absolute Gasteiger partial charge is 0.377 e. The van der Waals surface area contributed by atoms with Crippen molar-refractivity contribution >= 4 is 22.6 Å². The summed E-state index contributed by atoms with van der Waals surface area (Å²) in [6.07, 6.45) is 7.67. The molecule has 2 aliphatic rings. The van der Waals surface area contributed by atoms with Crippen LogP contribution in [0.15, 0.2) is 0 Å². The van der Waals surface area contributed by atoms with E-state index in [1.807, 2.05) is 0 Å². The second-order valence-electron chi connectivity index (χ2n) is 4.00. The summed E-state index contributed by atoms with van der Waals surface area (Å²) in [5.74, 6) is 0. The molecule has 1 aliphatic carbocycles. The number of rotatable bonds is 1. The molecular weight excluding hydrogens is 251 g/mol. The normalized spacial score (nSPS) is 35.2. The molecule has 1 saturated carbocycles. The molecule has 2 heteroatoms. The first-order valence-electron chi connectivity index (χ1n) is 4.52. The summed E-state index contributed by atoms with van der Waals surface area (Å²) in [5, 5.41) is 0. The highest BCUT2D eigenvalue weighted by Crippen LogP contribution is 2.46. The van der Waals surface area contributed by atoms with Crippen molar-refractivity contribution in [1.29, 1.82) is 0 Å². The number of alkyl halides is 1. The van der Waals surface area contributed by atoms with Crippen LogP contribution >= 0.6 is 22.6 Å². The van der Waals surface area contributed by atoms with Crippen LogP contribution in [0.3, 0.4) is 0 Å². The van der Waals surface area contributed by atoms with Crippen LogP contribution in [0.4, 0.5) is 0 Å². The zero-order chi connectivity index (χ0) is 7.73. The van der Waals surface area contributed by atoms with Crippen molar-refractivity contribution in [2.45, 2.75) is 38.2 Å². The second-order valence-corrected chi connectivity index (χ2v) is 4.88. The van der Waals surface area contributed by atoms with E-state index in [-0.39, 0.29) is 0 Å². The van der Waals surface area contributed by atoms with Crippen molar-refractivity contribution in [1.82, 2.24) is 0 Å². The standard InChI is InChI=1S/C9H15IO/c10-6-8-5-9(7-11-8)3-1-2-4-9/h8H,1-7H2/t8-/m1/s1. The van der Waals surface area contributed by atoms with Crippen LogP contribution in [0, 0.1) is 5.41 Å². The van der Waals surface area contributed by atoms with Crippen LogP contribution < -0.4 is 0 Å². The van der Waals surface area contributed by atoms with Crippen LogP contribution in [-0.4, -0.2) is 17.1 Å². The van der Waals surface area contributed by atoms with E-state index in [1.54, 1.807) is 0 Å². The van der Waals surface area contributed by atoms with Gasteiger partial charge in [0.15, 0.2) is 0 Å². The average Bonchev–Trinajstić information content (AvgIpc) is 2.62. The SMILES string of the molecule is IC[C@H]1CC2(CCCC2)CO1. The first-order valence-corrected chi connectivity index (χ1v) is 6.05. The Labute approximate surface area is 82.0 Å². The van der Waals surface area contributed by atoms with Crippen LogP contribution in [0.2, 0.25) is 0 Å². The van der Waals surface area contributed by atoms with E-state index in [1.165, 1.54) is 36.5 Å². The Morgan fingerprint density at radius 3 is 2.64 bits per heavy atom. The summed E-state index contributed by atoms with van der Waals surface area (Å²) in [6, 6.07) is 0. The molecule has 11 heavy (non-hydrogen) atoms. The smallest absolute Gasteiger partial charge is 0.0670 e. The van der Waals surface area contributed by atoms with Crippen LogP contribution in [0.5, 0.6) is 0 Å². The Kier molecular flexibility index (Phi) is 2.42. The highest BCUT2D eigenvalue weighted by atomic mass is 127. The van der Waals surface area contributed by atoms with Gasteiger partial charge >= 0.3 is 0 Å². The topological polar surface area (TPSA) is 9.23 Å². The lowest BCUT2D eigenvalue weighted by molar-refractivity contribution is 0.110. The maximum Gasteiger partial charge on any atom is 0.0670 e. The summed E-state index contributed by atoms with van der Waals surface area (Å²) >= 11 is 2.43. The molecule has 0 aromatic heterocycles. The Morgan fingerprint density at radius 2 is 2.09 bits per heavy atom. The highest BCUT2D eigenvalue weighted by Gasteiger charge is 2.41. The van der Waals surface area contributed by atoms with E-state index in [0.29, 0.717) is 11.5 Å². The number of hydrogen-bond donors (Lipinski definition) is 0. The Bertz CT molecular complexity index is 140. The van der Waals surface area contributed by atoms with Gasteiger partial charge in [-0.3, -0.25) is 0 Å². The molecule has 0 bridgehead atoms. The van der Waals surface area contributed by atoms with Gasteiger partial charge in [0.05, 0.1) is 12.7 Å². The monoisotopic (exact) mass is 266 g/mol. The van der Waals surface area contributed by atoms with Crippen molar-refractivity contribution in [3.63, 3.8) is 0 Å². The first kappa shape index (κ1) is 8.30. The average molecular weight is 266 g/mol. The summed E-state index contributed by atoms with van der Waals surface area (Å²) in [7, 11) is 0. The molecule has 2 fully saturated rings. The molecule has 0 N–H and O–H groups in total. The molecule has 1 saturated heterocycles. The lowest BCUT2D eigenvalue weighted by Gasteiger charge is -2.19. The van der Waals surface area contributed by atoms with E-state index in [4.69, 9.17) is 4.74 Å². The number of halogens is 1. The molecule has 1 heterocycles. The van der Waals surface area contributed by atoms with Gasteiger partial charge in [-0.25, -0.2) is 0 Å². The van der Waals surface area contributed by atoms with E-state index < -0.39 is 0 Å². The molecule has 1 aliphatic heterocycles. The Hall–Kier alpha value is 0.690. The highest BCUT2D eigenvalue weighted by molar-refractivity contribution is 14.1. The van der Waals surface area contributed by atoms with E-state index in [0.717, 1.165) is 6.61 Å². The van der Waals surface area contributed by atoms with Crippen molar-refractivity contribution in [3.8, 4) is 0 Å². The lowest BCUT2D eigenvalue weighted by Crippen LogP contribution is -2.16. The summed E-state index contributed by atoms with van der Waals surface area (Å²) in [6.45, 7) is 1.06. The summed E-state index contributed by atoms with van der Waals surface area (Å²) < 4.78 is 6.91. The fourth-order valence-electron chi connectivity index (χ4n) is 2.47. The van der Waals surface area contributed by atoms with Crippen molar-refractivity contribution in [2.24, 2.45) is 5.41 Å². The predicted octanol–water partition coefficient (Wildman–Crippen LogP) is 2.77. The summed E-state index contributed by atoms with van der Waals surface area (Å²) in [5.41, 5.74) is 0.635. The van der Waals surface area contributed by atoms with Crippen molar-refractivity contribution in [2.75, 3.05) is 11.0 Å². The Morgan fingerprint density at radius 1 is 1.36 bits per heavy atom. The van der Waals surface area contributed by atoms with Crippen molar-refractivity contribution in [3.05, 3.63) is 0 Å². The fraction of sp³-hybridized carbons (Fsp3) is 1.00. The third-order valence-electron chi connectivity index (χ3n) is 3.12. The molecule has 1 nitrogen and oxygen atoms in total. The van der Waals surface area contributed by atoms with Gasteiger partial charge in [-0.1, -0.05) is 35.4 Å². The van der Waals surface area contributed by atoms with E-state index in [2.05, 4.69) is 22.6 Å². The number of hydrogen-bond acceptors (Lipinski definition) is 1. The maximum atomic E-state index is 5.73. The zero-order valence-corrected chi connectivity index (χ0v) is 8.97. The molecule has 0 radical (unpaired) electrons. The molecule has 1 atom stereocenters. The van der Waals surface area contributed by atoms with Crippen LogP contribution in [0.25, 0.3) is 0 Å². The van der Waals surface area contributed by atoms with Gasteiger partial charge in [-0.2, -0.15) is 0 Å². The fourth-order valence-corrected chi connectivity index (χ4v) is 3.03. The molecule has 1 spiro atoms. The molecule has 64 valence electrons. The van der Waals surface area contributed by atoms with Crippen LogP contribution in [0.1, 0.15) is 32.1 Å². The molecule has 0 amide bonds. The maximum absolute atomic E-state index is 5.73. The van der Waals surface area contributed by atoms with E-state index in [9.17, 15) is 0 Å². The lowest BCUT2D eigenvalue weighted by atomic mass is 9.84. The van der Waals surface area contributed by atoms with Gasteiger partial charge in [-0.05, 0) is 24.7 Å². The molecule has 2 rings (SSSR count). The minimum Gasteiger partial charge on any atom is -0.377 e.